The molecular weight excluding hydrogens is 240 g/mol. The van der Waals surface area contributed by atoms with E-state index in [1.54, 1.807) is 18.3 Å². The first kappa shape index (κ1) is 13.2. The molecule has 2 rings (SSSR count). The van der Waals surface area contributed by atoms with Crippen LogP contribution in [0.1, 0.15) is 18.9 Å². The summed E-state index contributed by atoms with van der Waals surface area (Å²) in [4.78, 5) is 4.28. The van der Waals surface area contributed by atoms with Gasteiger partial charge in [-0.15, -0.1) is 0 Å². The van der Waals surface area contributed by atoms with E-state index in [4.69, 9.17) is 4.74 Å². The Bertz CT molecular complexity index is 512. The smallest absolute Gasteiger partial charge is 0.169 e. The molecule has 100 valence electrons. The second-order valence-corrected chi connectivity index (χ2v) is 4.22. The van der Waals surface area contributed by atoms with Gasteiger partial charge < -0.3 is 15.2 Å². The van der Waals surface area contributed by atoms with Crippen LogP contribution in [0, 0.1) is 0 Å². The van der Waals surface area contributed by atoms with Crippen LogP contribution in [0.5, 0.6) is 11.5 Å². The number of pyridine rings is 1. The Kier molecular flexibility index (Phi) is 4.61. The average Bonchev–Trinajstić information content (AvgIpc) is 2.45. The lowest BCUT2D eigenvalue weighted by molar-refractivity contribution is 0.318. The van der Waals surface area contributed by atoms with Crippen LogP contribution in [-0.2, 0) is 6.54 Å². The number of anilines is 1. The summed E-state index contributed by atoms with van der Waals surface area (Å²) < 4.78 is 5.63. The van der Waals surface area contributed by atoms with Crippen molar-refractivity contribution in [3.8, 4) is 11.5 Å². The molecule has 0 aliphatic carbocycles. The standard InChI is InChI=1S/C15H18N2O2/c1-2-10-19-14-4-3-9-16-15(14)17-11-12-5-7-13(18)8-6-12/h3-9,18H,2,10-11H2,1H3,(H,16,17). The van der Waals surface area contributed by atoms with Crippen molar-refractivity contribution in [3.05, 3.63) is 48.2 Å². The number of aromatic nitrogens is 1. The molecule has 0 atom stereocenters. The molecule has 2 N–H and O–H groups in total. The summed E-state index contributed by atoms with van der Waals surface area (Å²) in [5.41, 5.74) is 1.07. The largest absolute Gasteiger partial charge is 0.508 e. The zero-order valence-corrected chi connectivity index (χ0v) is 11.0. The number of hydrogen-bond acceptors (Lipinski definition) is 4. The first-order chi connectivity index (χ1) is 9.29. The van der Waals surface area contributed by atoms with E-state index in [1.807, 2.05) is 24.3 Å². The molecule has 4 nitrogen and oxygen atoms in total. The second-order valence-electron chi connectivity index (χ2n) is 4.22. The summed E-state index contributed by atoms with van der Waals surface area (Å²) in [5.74, 6) is 1.78. The minimum atomic E-state index is 0.272. The zero-order valence-electron chi connectivity index (χ0n) is 11.0. The highest BCUT2D eigenvalue weighted by Gasteiger charge is 2.03. The lowest BCUT2D eigenvalue weighted by Crippen LogP contribution is -2.05. The summed E-state index contributed by atoms with van der Waals surface area (Å²) in [6, 6.07) is 10.8. The molecular formula is C15H18N2O2. The molecule has 0 unspecified atom stereocenters. The van der Waals surface area contributed by atoms with Crippen LogP contribution in [0.2, 0.25) is 0 Å². The van der Waals surface area contributed by atoms with Gasteiger partial charge in [0.2, 0.25) is 0 Å². The van der Waals surface area contributed by atoms with E-state index >= 15 is 0 Å². The van der Waals surface area contributed by atoms with E-state index in [2.05, 4.69) is 17.2 Å². The summed E-state index contributed by atoms with van der Waals surface area (Å²) in [6.45, 7) is 3.39. The fraction of sp³-hybridized carbons (Fsp3) is 0.267. The average molecular weight is 258 g/mol. The summed E-state index contributed by atoms with van der Waals surface area (Å²) >= 11 is 0. The van der Waals surface area contributed by atoms with Crippen molar-refractivity contribution in [2.24, 2.45) is 0 Å². The van der Waals surface area contributed by atoms with Crippen molar-refractivity contribution >= 4 is 5.82 Å². The summed E-state index contributed by atoms with van der Waals surface area (Å²) in [6.07, 6.45) is 2.70. The predicted octanol–water partition coefficient (Wildman–Crippen LogP) is 3.19. The maximum atomic E-state index is 9.23. The van der Waals surface area contributed by atoms with Crippen molar-refractivity contribution in [3.63, 3.8) is 0 Å². The number of nitrogens with one attached hydrogen (secondary N) is 1. The van der Waals surface area contributed by atoms with Crippen LogP contribution in [-0.4, -0.2) is 16.7 Å². The Hall–Kier alpha value is -2.23. The van der Waals surface area contributed by atoms with E-state index in [9.17, 15) is 5.11 Å². The molecule has 0 saturated carbocycles. The van der Waals surface area contributed by atoms with Gasteiger partial charge in [0.15, 0.2) is 11.6 Å². The second kappa shape index (κ2) is 6.64. The van der Waals surface area contributed by atoms with Gasteiger partial charge in [-0.25, -0.2) is 4.98 Å². The molecule has 19 heavy (non-hydrogen) atoms. The Morgan fingerprint density at radius 2 is 2.00 bits per heavy atom. The molecule has 0 aliphatic rings. The Labute approximate surface area is 113 Å². The van der Waals surface area contributed by atoms with E-state index in [1.165, 1.54) is 0 Å². The third-order valence-electron chi connectivity index (χ3n) is 2.63. The maximum absolute atomic E-state index is 9.23. The van der Waals surface area contributed by atoms with Gasteiger partial charge in [-0.3, -0.25) is 0 Å². The van der Waals surface area contributed by atoms with Gasteiger partial charge >= 0.3 is 0 Å². The van der Waals surface area contributed by atoms with Crippen molar-refractivity contribution in [1.82, 2.24) is 4.98 Å². The van der Waals surface area contributed by atoms with Crippen LogP contribution in [0.3, 0.4) is 0 Å². The lowest BCUT2D eigenvalue weighted by atomic mass is 10.2. The van der Waals surface area contributed by atoms with Gasteiger partial charge in [0.25, 0.3) is 0 Å². The van der Waals surface area contributed by atoms with Crippen molar-refractivity contribution in [1.29, 1.82) is 0 Å². The normalized spacial score (nSPS) is 10.2. The number of benzene rings is 1. The molecule has 0 fully saturated rings. The van der Waals surface area contributed by atoms with Crippen molar-refractivity contribution in [2.45, 2.75) is 19.9 Å². The summed E-state index contributed by atoms with van der Waals surface area (Å²) in [5, 5.41) is 12.5. The van der Waals surface area contributed by atoms with Crippen LogP contribution >= 0.6 is 0 Å². The highest BCUT2D eigenvalue weighted by Crippen LogP contribution is 2.22. The first-order valence-electron chi connectivity index (χ1n) is 6.39. The van der Waals surface area contributed by atoms with Gasteiger partial charge in [-0.05, 0) is 36.2 Å². The van der Waals surface area contributed by atoms with Crippen molar-refractivity contribution < 1.29 is 9.84 Å². The van der Waals surface area contributed by atoms with Crippen LogP contribution in [0.4, 0.5) is 5.82 Å². The SMILES string of the molecule is CCCOc1cccnc1NCc1ccc(O)cc1. The number of aromatic hydroxyl groups is 1. The fourth-order valence-corrected chi connectivity index (χ4v) is 1.65. The van der Waals surface area contributed by atoms with E-state index < -0.39 is 0 Å². The van der Waals surface area contributed by atoms with Gasteiger partial charge in [0, 0.05) is 12.7 Å². The molecule has 4 heteroatoms. The fourth-order valence-electron chi connectivity index (χ4n) is 1.65. The maximum Gasteiger partial charge on any atom is 0.169 e. The van der Waals surface area contributed by atoms with E-state index in [0.717, 1.165) is 23.6 Å². The zero-order chi connectivity index (χ0) is 13.5. The molecule has 0 radical (unpaired) electrons. The highest BCUT2D eigenvalue weighted by atomic mass is 16.5. The number of ether oxygens (including phenoxy) is 1. The minimum absolute atomic E-state index is 0.272. The molecule has 0 bridgehead atoms. The summed E-state index contributed by atoms with van der Waals surface area (Å²) in [7, 11) is 0. The molecule has 1 aromatic carbocycles. The van der Waals surface area contributed by atoms with Crippen molar-refractivity contribution in [2.75, 3.05) is 11.9 Å². The lowest BCUT2D eigenvalue weighted by Gasteiger charge is -2.11. The molecule has 1 aromatic heterocycles. The molecule has 0 aliphatic heterocycles. The van der Waals surface area contributed by atoms with E-state index in [-0.39, 0.29) is 5.75 Å². The monoisotopic (exact) mass is 258 g/mol. The van der Waals surface area contributed by atoms with Crippen LogP contribution < -0.4 is 10.1 Å². The van der Waals surface area contributed by atoms with Gasteiger partial charge in [-0.2, -0.15) is 0 Å². The Balaban J connectivity index is 2.00. The Morgan fingerprint density at radius 3 is 2.74 bits per heavy atom. The number of phenolic OH excluding ortho intramolecular Hbond substituents is 1. The number of hydrogen-bond donors (Lipinski definition) is 2. The highest BCUT2D eigenvalue weighted by molar-refractivity contribution is 5.49. The first-order valence-corrected chi connectivity index (χ1v) is 6.39. The van der Waals surface area contributed by atoms with E-state index in [0.29, 0.717) is 13.2 Å². The van der Waals surface area contributed by atoms with Gasteiger partial charge in [0.1, 0.15) is 5.75 Å². The topological polar surface area (TPSA) is 54.4 Å². The minimum Gasteiger partial charge on any atom is -0.508 e. The molecule has 0 saturated heterocycles. The quantitative estimate of drug-likeness (QED) is 0.835. The molecule has 0 amide bonds. The molecule has 1 heterocycles. The Morgan fingerprint density at radius 1 is 1.21 bits per heavy atom. The van der Waals surface area contributed by atoms with Gasteiger partial charge in [-0.1, -0.05) is 19.1 Å². The third kappa shape index (κ3) is 3.88. The van der Waals surface area contributed by atoms with Crippen LogP contribution in [0.15, 0.2) is 42.6 Å². The van der Waals surface area contributed by atoms with Crippen LogP contribution in [0.25, 0.3) is 0 Å². The van der Waals surface area contributed by atoms with Gasteiger partial charge in [0.05, 0.1) is 6.61 Å². The number of rotatable bonds is 6. The third-order valence-corrected chi connectivity index (χ3v) is 2.63. The number of nitrogens with zero attached hydrogens (tertiary/aromatic N) is 1. The molecule has 0 spiro atoms. The number of phenols is 1. The predicted molar refractivity (Wildman–Crippen MR) is 75.5 cm³/mol. The molecule has 2 aromatic rings.